The Labute approximate surface area is 133 Å². The predicted octanol–water partition coefficient (Wildman–Crippen LogP) is 1.44. The third kappa shape index (κ3) is 2.47. The molecule has 1 atom stereocenters. The summed E-state index contributed by atoms with van der Waals surface area (Å²) in [5, 5.41) is 0.831. The van der Waals surface area contributed by atoms with Crippen LogP contribution in [-0.4, -0.2) is 35.9 Å². The highest BCUT2D eigenvalue weighted by Gasteiger charge is 2.20. The summed E-state index contributed by atoms with van der Waals surface area (Å²) in [5.74, 6) is 0.630. The quantitative estimate of drug-likeness (QED) is 0.905. The molecule has 1 aromatic carbocycles. The lowest BCUT2D eigenvalue weighted by molar-refractivity contribution is 0.121. The molecule has 1 aliphatic heterocycles. The average Bonchev–Trinajstić information content (AvgIpc) is 2.51. The van der Waals surface area contributed by atoms with Gasteiger partial charge in [0.15, 0.2) is 0 Å². The normalized spacial score (nSPS) is 17.0. The molecule has 2 N–H and O–H groups in total. The third-order valence-corrected chi connectivity index (χ3v) is 4.29. The van der Waals surface area contributed by atoms with Crippen molar-refractivity contribution in [1.82, 2.24) is 9.55 Å². The number of nitrogens with zero attached hydrogens (tertiary/aromatic N) is 3. The van der Waals surface area contributed by atoms with E-state index in [0.29, 0.717) is 48.2 Å². The fraction of sp³-hybridized carbons (Fsp3) is 0.467. The molecule has 1 saturated heterocycles. The Kier molecular flexibility index (Phi) is 4.08. The van der Waals surface area contributed by atoms with Crippen LogP contribution in [0, 0.1) is 0 Å². The van der Waals surface area contributed by atoms with E-state index < -0.39 is 0 Å². The Bertz CT molecular complexity index is 766. The van der Waals surface area contributed by atoms with Crippen LogP contribution in [0.4, 0.5) is 5.95 Å². The van der Waals surface area contributed by atoms with Crippen LogP contribution in [0.1, 0.15) is 18.5 Å². The summed E-state index contributed by atoms with van der Waals surface area (Å²) < 4.78 is 6.91. The maximum Gasteiger partial charge on any atom is 0.264 e. The number of fused-ring (bicyclic) bond motifs is 1. The van der Waals surface area contributed by atoms with Crippen molar-refractivity contribution in [3.05, 3.63) is 33.1 Å². The van der Waals surface area contributed by atoms with Gasteiger partial charge < -0.3 is 15.4 Å². The highest BCUT2D eigenvalue weighted by molar-refractivity contribution is 6.35. The molecule has 2 heterocycles. The van der Waals surface area contributed by atoms with Crippen molar-refractivity contribution >= 4 is 28.5 Å². The lowest BCUT2D eigenvalue weighted by Gasteiger charge is -2.29. The second kappa shape index (κ2) is 5.87. The van der Waals surface area contributed by atoms with Crippen molar-refractivity contribution in [3.63, 3.8) is 0 Å². The van der Waals surface area contributed by atoms with Gasteiger partial charge in [-0.3, -0.25) is 9.36 Å². The van der Waals surface area contributed by atoms with Gasteiger partial charge in [-0.15, -0.1) is 0 Å². The van der Waals surface area contributed by atoms with Gasteiger partial charge in [0.2, 0.25) is 5.95 Å². The molecule has 1 unspecified atom stereocenters. The number of aromatic nitrogens is 2. The Morgan fingerprint density at radius 2 is 2.05 bits per heavy atom. The van der Waals surface area contributed by atoms with E-state index in [1.807, 2.05) is 13.0 Å². The number of halogens is 1. The van der Waals surface area contributed by atoms with Gasteiger partial charge in [-0.05, 0) is 18.6 Å². The molecule has 118 valence electrons. The molecule has 6 nitrogen and oxygen atoms in total. The number of hydrogen-bond acceptors (Lipinski definition) is 5. The van der Waals surface area contributed by atoms with E-state index in [-0.39, 0.29) is 11.6 Å². The van der Waals surface area contributed by atoms with Gasteiger partial charge in [0.05, 0.1) is 29.1 Å². The number of anilines is 1. The minimum atomic E-state index is -0.225. The second-order valence-corrected chi connectivity index (χ2v) is 5.93. The molecule has 0 bridgehead atoms. The van der Waals surface area contributed by atoms with Crippen LogP contribution in [0.15, 0.2) is 16.9 Å². The highest BCUT2D eigenvalue weighted by Crippen LogP contribution is 2.27. The molecule has 2 aromatic rings. The van der Waals surface area contributed by atoms with Crippen LogP contribution in [-0.2, 0) is 11.8 Å². The number of benzene rings is 1. The minimum Gasteiger partial charge on any atom is -0.378 e. The molecular weight excluding hydrogens is 304 g/mol. The lowest BCUT2D eigenvalue weighted by atomic mass is 10.1. The van der Waals surface area contributed by atoms with Crippen molar-refractivity contribution in [1.29, 1.82) is 0 Å². The largest absolute Gasteiger partial charge is 0.378 e. The van der Waals surface area contributed by atoms with Crippen molar-refractivity contribution in [2.75, 3.05) is 31.2 Å². The minimum absolute atomic E-state index is 0.154. The molecule has 1 aromatic heterocycles. The Morgan fingerprint density at radius 1 is 1.36 bits per heavy atom. The molecule has 22 heavy (non-hydrogen) atoms. The van der Waals surface area contributed by atoms with Gasteiger partial charge in [0.1, 0.15) is 0 Å². The van der Waals surface area contributed by atoms with Crippen LogP contribution in [0.25, 0.3) is 10.9 Å². The molecule has 0 aliphatic carbocycles. The maximum atomic E-state index is 12.7. The summed E-state index contributed by atoms with van der Waals surface area (Å²) in [4.78, 5) is 19.5. The van der Waals surface area contributed by atoms with Gasteiger partial charge in [-0.25, -0.2) is 4.98 Å². The van der Waals surface area contributed by atoms with Crippen molar-refractivity contribution in [2.24, 2.45) is 12.8 Å². The molecular formula is C15H19ClN4O2. The van der Waals surface area contributed by atoms with Crippen LogP contribution >= 0.6 is 11.6 Å². The molecule has 0 amide bonds. The first kappa shape index (κ1) is 15.3. The summed E-state index contributed by atoms with van der Waals surface area (Å²) >= 11 is 6.22. The summed E-state index contributed by atoms with van der Waals surface area (Å²) in [7, 11) is 1.72. The monoisotopic (exact) mass is 322 g/mol. The number of morpholine rings is 1. The zero-order valence-electron chi connectivity index (χ0n) is 12.7. The molecule has 1 fully saturated rings. The van der Waals surface area contributed by atoms with Crippen LogP contribution in [0.3, 0.4) is 0 Å². The molecule has 0 saturated carbocycles. The van der Waals surface area contributed by atoms with Gasteiger partial charge >= 0.3 is 0 Å². The number of hydrogen-bond donors (Lipinski definition) is 1. The van der Waals surface area contributed by atoms with E-state index in [1.54, 1.807) is 17.7 Å². The average molecular weight is 323 g/mol. The van der Waals surface area contributed by atoms with Gasteiger partial charge in [0, 0.05) is 26.2 Å². The maximum absolute atomic E-state index is 12.7. The first-order valence-corrected chi connectivity index (χ1v) is 7.66. The first-order chi connectivity index (χ1) is 10.5. The lowest BCUT2D eigenvalue weighted by Crippen LogP contribution is -2.40. The van der Waals surface area contributed by atoms with Crippen molar-refractivity contribution in [2.45, 2.75) is 13.0 Å². The van der Waals surface area contributed by atoms with Crippen LogP contribution < -0.4 is 16.2 Å². The molecule has 3 rings (SSSR count). The molecule has 0 spiro atoms. The van der Waals surface area contributed by atoms with Gasteiger partial charge in [0.25, 0.3) is 5.56 Å². The van der Waals surface area contributed by atoms with Gasteiger partial charge in [-0.2, -0.15) is 0 Å². The first-order valence-electron chi connectivity index (χ1n) is 7.28. The number of ether oxygens (including phenoxy) is 1. The van der Waals surface area contributed by atoms with E-state index in [0.717, 1.165) is 5.56 Å². The molecule has 0 radical (unpaired) electrons. The summed E-state index contributed by atoms with van der Waals surface area (Å²) in [6.45, 7) is 4.54. The standard InChI is InChI=1S/C15H19ClN4O2/c1-9(17)10-3-4-11(16)12-13(10)18-15(19(2)14(12)21)20-5-7-22-8-6-20/h3-4,9H,5-8,17H2,1-2H3. The smallest absolute Gasteiger partial charge is 0.264 e. The third-order valence-electron chi connectivity index (χ3n) is 3.97. The van der Waals surface area contributed by atoms with E-state index in [9.17, 15) is 4.79 Å². The van der Waals surface area contributed by atoms with E-state index in [4.69, 9.17) is 27.1 Å². The fourth-order valence-corrected chi connectivity index (χ4v) is 2.99. The highest BCUT2D eigenvalue weighted by atomic mass is 35.5. The Hall–Kier alpha value is -1.63. The topological polar surface area (TPSA) is 73.4 Å². The zero-order valence-corrected chi connectivity index (χ0v) is 13.4. The van der Waals surface area contributed by atoms with Crippen molar-refractivity contribution in [3.8, 4) is 0 Å². The van der Waals surface area contributed by atoms with E-state index in [2.05, 4.69) is 4.90 Å². The SMILES string of the molecule is CC(N)c1ccc(Cl)c2c(=O)n(C)c(N3CCOCC3)nc12. The molecule has 7 heteroatoms. The van der Waals surface area contributed by atoms with E-state index >= 15 is 0 Å². The Balaban J connectivity index is 2.29. The van der Waals surface area contributed by atoms with Gasteiger partial charge in [-0.1, -0.05) is 17.7 Å². The Morgan fingerprint density at radius 3 is 2.68 bits per heavy atom. The number of nitrogens with two attached hydrogens (primary N) is 1. The summed E-state index contributed by atoms with van der Waals surface area (Å²) in [5.41, 5.74) is 7.28. The predicted molar refractivity (Wildman–Crippen MR) is 87.6 cm³/mol. The zero-order chi connectivity index (χ0) is 15.9. The molecule has 1 aliphatic rings. The van der Waals surface area contributed by atoms with Crippen LogP contribution in [0.5, 0.6) is 0 Å². The van der Waals surface area contributed by atoms with Crippen molar-refractivity contribution < 1.29 is 4.74 Å². The number of rotatable bonds is 2. The van der Waals surface area contributed by atoms with Crippen LogP contribution in [0.2, 0.25) is 5.02 Å². The van der Waals surface area contributed by atoms with E-state index in [1.165, 1.54) is 0 Å². The summed E-state index contributed by atoms with van der Waals surface area (Å²) in [6, 6.07) is 3.32. The second-order valence-electron chi connectivity index (χ2n) is 5.52. The summed E-state index contributed by atoms with van der Waals surface area (Å²) in [6.07, 6.45) is 0. The fourth-order valence-electron chi connectivity index (χ4n) is 2.75.